The highest BCUT2D eigenvalue weighted by atomic mass is 35.5. The van der Waals surface area contributed by atoms with E-state index >= 15 is 0 Å². The minimum atomic E-state index is 0.538. The average molecular weight is 396 g/mol. The quantitative estimate of drug-likeness (QED) is 0.598. The van der Waals surface area contributed by atoms with E-state index in [0.29, 0.717) is 16.2 Å². The first-order chi connectivity index (χ1) is 12.7. The van der Waals surface area contributed by atoms with Crippen LogP contribution in [0.2, 0.25) is 10.0 Å². The number of halogens is 2. The molecular weight excluding hydrogens is 365 g/mol. The standard InChI is InChI=1S/C21H31Cl2N3/c1-2-24(15-10-18-8-9-19(22)20(23)16-18)17-21(26-13-6-7-14-26)25-11-4-3-5-12-25/h3-4,8-9,16,21H,2,5-7,10-15,17H2,1H3. The maximum Gasteiger partial charge on any atom is 0.0756 e. The van der Waals surface area contributed by atoms with Crippen LogP contribution in [0.4, 0.5) is 0 Å². The second-order valence-corrected chi connectivity index (χ2v) is 8.18. The smallest absolute Gasteiger partial charge is 0.0756 e. The Morgan fingerprint density at radius 1 is 1.04 bits per heavy atom. The van der Waals surface area contributed by atoms with Gasteiger partial charge in [0, 0.05) is 26.2 Å². The fourth-order valence-electron chi connectivity index (χ4n) is 4.02. The first kappa shape index (κ1) is 20.2. The third-order valence-corrected chi connectivity index (χ3v) is 6.38. The normalized spacial score (nSPS) is 20.2. The zero-order valence-electron chi connectivity index (χ0n) is 15.8. The molecule has 0 aliphatic carbocycles. The van der Waals surface area contributed by atoms with E-state index in [2.05, 4.69) is 39.8 Å². The number of likely N-dealkylation sites (tertiary alicyclic amines) is 1. The predicted molar refractivity (Wildman–Crippen MR) is 112 cm³/mol. The summed E-state index contributed by atoms with van der Waals surface area (Å²) in [5, 5.41) is 1.29. The van der Waals surface area contributed by atoms with Crippen LogP contribution in [0.5, 0.6) is 0 Å². The van der Waals surface area contributed by atoms with Crippen molar-refractivity contribution in [1.82, 2.24) is 14.7 Å². The first-order valence-electron chi connectivity index (χ1n) is 9.96. The average Bonchev–Trinajstić information content (AvgIpc) is 3.20. The molecule has 0 bridgehead atoms. The Hall–Kier alpha value is -0.580. The zero-order chi connectivity index (χ0) is 18.4. The van der Waals surface area contributed by atoms with Gasteiger partial charge in [0.2, 0.25) is 0 Å². The third kappa shape index (κ3) is 5.46. The molecule has 3 nitrogen and oxygen atoms in total. The largest absolute Gasteiger partial charge is 0.300 e. The molecule has 144 valence electrons. The van der Waals surface area contributed by atoms with Crippen LogP contribution in [0, 0.1) is 0 Å². The van der Waals surface area contributed by atoms with Crippen molar-refractivity contribution in [3.63, 3.8) is 0 Å². The Morgan fingerprint density at radius 2 is 1.85 bits per heavy atom. The number of benzene rings is 1. The molecule has 0 amide bonds. The highest BCUT2D eigenvalue weighted by Gasteiger charge is 2.28. The minimum absolute atomic E-state index is 0.538. The summed E-state index contributed by atoms with van der Waals surface area (Å²) in [6, 6.07) is 6.00. The van der Waals surface area contributed by atoms with Crippen LogP contribution in [0.3, 0.4) is 0 Å². The second kappa shape index (κ2) is 10.1. The number of hydrogen-bond donors (Lipinski definition) is 0. The van der Waals surface area contributed by atoms with Crippen molar-refractivity contribution in [3.05, 3.63) is 46.0 Å². The molecule has 1 saturated heterocycles. The molecule has 2 aliphatic rings. The molecule has 0 aromatic heterocycles. The molecule has 1 aromatic rings. The second-order valence-electron chi connectivity index (χ2n) is 7.37. The number of nitrogens with zero attached hydrogens (tertiary/aromatic N) is 3. The monoisotopic (exact) mass is 395 g/mol. The van der Waals surface area contributed by atoms with Crippen LogP contribution < -0.4 is 0 Å². The summed E-state index contributed by atoms with van der Waals surface area (Å²) >= 11 is 12.2. The Labute approximate surface area is 168 Å². The van der Waals surface area contributed by atoms with E-state index in [9.17, 15) is 0 Å². The Balaban J connectivity index is 1.61. The lowest BCUT2D eigenvalue weighted by atomic mass is 10.1. The lowest BCUT2D eigenvalue weighted by Crippen LogP contribution is -2.54. The molecule has 3 rings (SSSR count). The van der Waals surface area contributed by atoms with Crippen LogP contribution >= 0.6 is 23.2 Å². The minimum Gasteiger partial charge on any atom is -0.300 e. The van der Waals surface area contributed by atoms with E-state index in [0.717, 1.165) is 32.6 Å². The molecule has 0 N–H and O–H groups in total. The van der Waals surface area contributed by atoms with E-state index in [-0.39, 0.29) is 0 Å². The first-order valence-corrected chi connectivity index (χ1v) is 10.7. The van der Waals surface area contributed by atoms with Crippen molar-refractivity contribution in [3.8, 4) is 0 Å². The summed E-state index contributed by atoms with van der Waals surface area (Å²) in [4.78, 5) is 7.94. The van der Waals surface area contributed by atoms with Crippen LogP contribution in [0.15, 0.2) is 30.4 Å². The van der Waals surface area contributed by atoms with Gasteiger partial charge in [0.15, 0.2) is 0 Å². The van der Waals surface area contributed by atoms with Gasteiger partial charge in [0.25, 0.3) is 0 Å². The van der Waals surface area contributed by atoms with Gasteiger partial charge in [-0.2, -0.15) is 0 Å². The van der Waals surface area contributed by atoms with Gasteiger partial charge in [-0.1, -0.05) is 48.3 Å². The molecule has 2 aliphatic heterocycles. The SMILES string of the molecule is CCN(CCc1ccc(Cl)c(Cl)c1)CC(N1CC=CCC1)N1CCCC1. The molecule has 5 heteroatoms. The number of rotatable bonds is 8. The predicted octanol–water partition coefficient (Wildman–Crippen LogP) is 4.54. The van der Waals surface area contributed by atoms with Crippen molar-refractivity contribution in [1.29, 1.82) is 0 Å². The van der Waals surface area contributed by atoms with Gasteiger partial charge in [-0.25, -0.2) is 0 Å². The van der Waals surface area contributed by atoms with Crippen molar-refractivity contribution in [2.24, 2.45) is 0 Å². The van der Waals surface area contributed by atoms with Gasteiger partial charge in [0.05, 0.1) is 16.2 Å². The van der Waals surface area contributed by atoms with Crippen molar-refractivity contribution in [2.75, 3.05) is 45.8 Å². The van der Waals surface area contributed by atoms with Crippen LogP contribution in [0.1, 0.15) is 31.7 Å². The third-order valence-electron chi connectivity index (χ3n) is 5.64. The van der Waals surface area contributed by atoms with Gasteiger partial charge in [-0.3, -0.25) is 9.80 Å². The summed E-state index contributed by atoms with van der Waals surface area (Å²) in [7, 11) is 0. The lowest BCUT2D eigenvalue weighted by molar-refractivity contribution is 0.0360. The molecule has 1 fully saturated rings. The molecule has 0 radical (unpaired) electrons. The van der Waals surface area contributed by atoms with Crippen LogP contribution in [-0.2, 0) is 6.42 Å². The maximum absolute atomic E-state index is 6.17. The Kier molecular flexibility index (Phi) is 7.83. The number of hydrogen-bond acceptors (Lipinski definition) is 3. The Bertz CT molecular complexity index is 599. The zero-order valence-corrected chi connectivity index (χ0v) is 17.4. The molecule has 0 spiro atoms. The summed E-state index contributed by atoms with van der Waals surface area (Å²) < 4.78 is 0. The maximum atomic E-state index is 6.17. The van der Waals surface area contributed by atoms with Gasteiger partial charge in [0.1, 0.15) is 0 Å². The highest BCUT2D eigenvalue weighted by molar-refractivity contribution is 6.42. The van der Waals surface area contributed by atoms with Gasteiger partial charge in [-0.05, 0) is 63.0 Å². The van der Waals surface area contributed by atoms with Crippen LogP contribution in [-0.4, -0.2) is 66.7 Å². The molecular formula is C21H31Cl2N3. The summed E-state index contributed by atoms with van der Waals surface area (Å²) in [6.07, 6.45) is 10.1. The fourth-order valence-corrected chi connectivity index (χ4v) is 4.34. The van der Waals surface area contributed by atoms with Crippen LogP contribution in [0.25, 0.3) is 0 Å². The summed E-state index contributed by atoms with van der Waals surface area (Å²) in [5.41, 5.74) is 1.26. The molecule has 1 atom stereocenters. The van der Waals surface area contributed by atoms with Crippen molar-refractivity contribution >= 4 is 23.2 Å². The van der Waals surface area contributed by atoms with Gasteiger partial charge in [-0.15, -0.1) is 0 Å². The summed E-state index contributed by atoms with van der Waals surface area (Å²) in [6.45, 7) is 10.3. The van der Waals surface area contributed by atoms with E-state index < -0.39 is 0 Å². The van der Waals surface area contributed by atoms with E-state index in [1.807, 2.05) is 12.1 Å². The van der Waals surface area contributed by atoms with E-state index in [1.165, 1.54) is 44.5 Å². The molecule has 26 heavy (non-hydrogen) atoms. The van der Waals surface area contributed by atoms with Crippen molar-refractivity contribution < 1.29 is 0 Å². The molecule has 0 saturated carbocycles. The van der Waals surface area contributed by atoms with Crippen molar-refractivity contribution in [2.45, 2.75) is 38.8 Å². The molecule has 1 unspecified atom stereocenters. The van der Waals surface area contributed by atoms with E-state index in [4.69, 9.17) is 23.2 Å². The number of likely N-dealkylation sites (N-methyl/N-ethyl adjacent to an activating group) is 1. The van der Waals surface area contributed by atoms with Gasteiger partial charge < -0.3 is 4.90 Å². The van der Waals surface area contributed by atoms with E-state index in [1.54, 1.807) is 0 Å². The summed E-state index contributed by atoms with van der Waals surface area (Å²) in [5.74, 6) is 0. The lowest BCUT2D eigenvalue weighted by Gasteiger charge is -2.41. The highest BCUT2D eigenvalue weighted by Crippen LogP contribution is 2.23. The topological polar surface area (TPSA) is 9.72 Å². The Morgan fingerprint density at radius 3 is 2.50 bits per heavy atom. The fraction of sp³-hybridized carbons (Fsp3) is 0.619. The van der Waals surface area contributed by atoms with Gasteiger partial charge >= 0.3 is 0 Å². The molecule has 2 heterocycles. The molecule has 1 aromatic carbocycles.